The quantitative estimate of drug-likeness (QED) is 0.547. The van der Waals surface area contributed by atoms with Crippen LogP contribution < -0.4 is 0 Å². The molecule has 0 fully saturated rings. The number of hydrogen-bond acceptors (Lipinski definition) is 4. The average Bonchev–Trinajstić information content (AvgIpc) is 2.93. The molecule has 5 nitrogen and oxygen atoms in total. The smallest absolute Gasteiger partial charge is 0.325 e. The number of aromatic nitrogens is 1. The predicted molar refractivity (Wildman–Crippen MR) is 96.1 cm³/mol. The molecule has 132 valence electrons. The summed E-state index contributed by atoms with van der Waals surface area (Å²) >= 11 is 0. The summed E-state index contributed by atoms with van der Waals surface area (Å²) in [6.07, 6.45) is 9.29. The van der Waals surface area contributed by atoms with Crippen LogP contribution in [0.4, 0.5) is 0 Å². The molecule has 0 bridgehead atoms. The molecule has 0 amide bonds. The van der Waals surface area contributed by atoms with Gasteiger partial charge in [-0.25, -0.2) is 0 Å². The van der Waals surface area contributed by atoms with E-state index in [1.807, 2.05) is 29.0 Å². The molecule has 0 aliphatic carbocycles. The van der Waals surface area contributed by atoms with Gasteiger partial charge >= 0.3 is 11.9 Å². The Hall–Kier alpha value is -2.74. The maximum Gasteiger partial charge on any atom is 0.325 e. The lowest BCUT2D eigenvalue weighted by atomic mass is 10.0. The van der Waals surface area contributed by atoms with Crippen LogP contribution in [0.2, 0.25) is 0 Å². The van der Waals surface area contributed by atoms with Crippen LogP contribution in [0.25, 0.3) is 10.9 Å². The number of esters is 2. The van der Waals surface area contributed by atoms with E-state index >= 15 is 0 Å². The van der Waals surface area contributed by atoms with E-state index in [2.05, 4.69) is 5.92 Å². The van der Waals surface area contributed by atoms with Gasteiger partial charge < -0.3 is 14.0 Å². The Balaban J connectivity index is 2.27. The van der Waals surface area contributed by atoms with Gasteiger partial charge in [-0.1, -0.05) is 18.1 Å². The Morgan fingerprint density at radius 3 is 2.56 bits per heavy atom. The highest BCUT2D eigenvalue weighted by Gasteiger charge is 2.14. The zero-order valence-electron chi connectivity index (χ0n) is 14.7. The lowest BCUT2D eigenvalue weighted by molar-refractivity contribution is -0.144. The molecule has 0 aliphatic rings. The van der Waals surface area contributed by atoms with Crippen LogP contribution in [0.3, 0.4) is 0 Å². The van der Waals surface area contributed by atoms with Gasteiger partial charge in [0.15, 0.2) is 0 Å². The van der Waals surface area contributed by atoms with Gasteiger partial charge in [0.2, 0.25) is 0 Å². The number of hydrogen-bond donors (Lipinski definition) is 0. The molecule has 1 heterocycles. The van der Waals surface area contributed by atoms with Crippen LogP contribution in [0.15, 0.2) is 24.4 Å². The number of carbonyl (C=O) groups is 2. The van der Waals surface area contributed by atoms with Gasteiger partial charge in [0.05, 0.1) is 18.7 Å². The molecular weight excluding hydrogens is 318 g/mol. The Bertz CT molecular complexity index is 798. The minimum atomic E-state index is -0.302. The summed E-state index contributed by atoms with van der Waals surface area (Å²) in [5.74, 6) is 2.18. The second kappa shape index (κ2) is 8.93. The van der Waals surface area contributed by atoms with E-state index in [0.29, 0.717) is 32.5 Å². The third-order valence-electron chi connectivity index (χ3n) is 3.87. The number of para-hydroxylation sites is 1. The van der Waals surface area contributed by atoms with Crippen LogP contribution >= 0.6 is 0 Å². The first-order valence-corrected chi connectivity index (χ1v) is 8.49. The Morgan fingerprint density at radius 2 is 1.88 bits per heavy atom. The second-order valence-corrected chi connectivity index (χ2v) is 5.59. The maximum absolute atomic E-state index is 11.9. The minimum absolute atomic E-state index is 0.112. The van der Waals surface area contributed by atoms with Gasteiger partial charge in [-0.15, -0.1) is 6.42 Å². The zero-order valence-corrected chi connectivity index (χ0v) is 14.7. The first kappa shape index (κ1) is 18.6. The molecule has 2 rings (SSSR count). The molecule has 0 spiro atoms. The fraction of sp³-hybridized carbons (Fsp3) is 0.400. The monoisotopic (exact) mass is 341 g/mol. The van der Waals surface area contributed by atoms with Gasteiger partial charge in [-0.05, 0) is 38.3 Å². The van der Waals surface area contributed by atoms with Gasteiger partial charge in [-0.2, -0.15) is 0 Å². The number of nitrogens with zero attached hydrogens (tertiary/aromatic N) is 1. The number of rotatable bonds is 8. The number of terminal acetylenes is 1. The van der Waals surface area contributed by atoms with Crippen LogP contribution in [-0.2, 0) is 32.0 Å². The predicted octanol–water partition coefficient (Wildman–Crippen LogP) is 3.07. The number of carbonyl (C=O) groups excluding carboxylic acids is 2. The van der Waals surface area contributed by atoms with Crippen molar-refractivity contribution in [1.82, 2.24) is 4.57 Å². The molecule has 1 aromatic heterocycles. The topological polar surface area (TPSA) is 57.5 Å². The Labute approximate surface area is 147 Å². The zero-order chi connectivity index (χ0) is 18.2. The highest BCUT2D eigenvalue weighted by Crippen LogP contribution is 2.26. The first-order valence-electron chi connectivity index (χ1n) is 8.49. The van der Waals surface area contributed by atoms with Crippen molar-refractivity contribution < 1.29 is 19.1 Å². The molecule has 0 aliphatic heterocycles. The molecule has 0 unspecified atom stereocenters. The SMILES string of the molecule is C#Cc1cccc2c(CCCC(=O)OCC)cn(CC(=O)OCC)c12. The van der Waals surface area contributed by atoms with Gasteiger partial charge in [-0.3, -0.25) is 9.59 Å². The van der Waals surface area contributed by atoms with Crippen molar-refractivity contribution in [1.29, 1.82) is 0 Å². The minimum Gasteiger partial charge on any atom is -0.466 e. The highest BCUT2D eigenvalue weighted by atomic mass is 16.5. The molecule has 0 N–H and O–H groups in total. The van der Waals surface area contributed by atoms with E-state index in [-0.39, 0.29) is 18.5 Å². The number of aryl methyl sites for hydroxylation is 1. The molecule has 0 atom stereocenters. The number of benzene rings is 1. The molecule has 0 saturated carbocycles. The largest absolute Gasteiger partial charge is 0.466 e. The number of fused-ring (bicyclic) bond motifs is 1. The van der Waals surface area contributed by atoms with E-state index in [1.54, 1.807) is 13.8 Å². The molecule has 0 saturated heterocycles. The third kappa shape index (κ3) is 4.63. The molecule has 0 radical (unpaired) electrons. The summed E-state index contributed by atoms with van der Waals surface area (Å²) < 4.78 is 11.8. The standard InChI is InChI=1S/C20H23NO4/c1-4-15-9-7-11-17-16(10-8-12-18(22)24-5-2)13-21(20(15)17)14-19(23)25-6-3/h1,7,9,11,13H,5-6,8,10,12,14H2,2-3H3. The summed E-state index contributed by atoms with van der Waals surface area (Å²) in [5, 5.41) is 1.00. The van der Waals surface area contributed by atoms with Crippen molar-refractivity contribution in [3.8, 4) is 12.3 Å². The van der Waals surface area contributed by atoms with Crippen molar-refractivity contribution in [2.45, 2.75) is 39.7 Å². The molecule has 2 aromatic rings. The highest BCUT2D eigenvalue weighted by molar-refractivity contribution is 5.90. The molecule has 5 heteroatoms. The van der Waals surface area contributed by atoms with E-state index in [0.717, 1.165) is 22.0 Å². The Kier molecular flexibility index (Phi) is 6.64. The lowest BCUT2D eigenvalue weighted by Gasteiger charge is -2.06. The van der Waals surface area contributed by atoms with Crippen LogP contribution in [-0.4, -0.2) is 29.7 Å². The summed E-state index contributed by atoms with van der Waals surface area (Å²) in [5.41, 5.74) is 2.64. The molecule has 25 heavy (non-hydrogen) atoms. The van der Waals surface area contributed by atoms with E-state index < -0.39 is 0 Å². The lowest BCUT2D eigenvalue weighted by Crippen LogP contribution is -2.13. The van der Waals surface area contributed by atoms with Crippen molar-refractivity contribution in [3.05, 3.63) is 35.5 Å². The van der Waals surface area contributed by atoms with Crippen LogP contribution in [0, 0.1) is 12.3 Å². The summed E-state index contributed by atoms with van der Waals surface area (Å²) in [6, 6.07) is 5.74. The van der Waals surface area contributed by atoms with E-state index in [4.69, 9.17) is 15.9 Å². The van der Waals surface area contributed by atoms with Crippen molar-refractivity contribution in [2.75, 3.05) is 13.2 Å². The fourth-order valence-corrected chi connectivity index (χ4v) is 2.88. The fourth-order valence-electron chi connectivity index (χ4n) is 2.88. The van der Waals surface area contributed by atoms with Gasteiger partial charge in [0, 0.05) is 23.6 Å². The van der Waals surface area contributed by atoms with E-state index in [9.17, 15) is 9.59 Å². The average molecular weight is 341 g/mol. The molecule has 1 aromatic carbocycles. The van der Waals surface area contributed by atoms with Crippen LogP contribution in [0.5, 0.6) is 0 Å². The normalized spacial score (nSPS) is 10.4. The summed E-state index contributed by atoms with van der Waals surface area (Å²) in [6.45, 7) is 4.41. The van der Waals surface area contributed by atoms with E-state index in [1.165, 1.54) is 0 Å². The van der Waals surface area contributed by atoms with Crippen LogP contribution in [0.1, 0.15) is 37.8 Å². The van der Waals surface area contributed by atoms with Gasteiger partial charge in [0.1, 0.15) is 6.54 Å². The maximum atomic E-state index is 11.9. The first-order chi connectivity index (χ1) is 12.1. The Morgan fingerprint density at radius 1 is 1.16 bits per heavy atom. The van der Waals surface area contributed by atoms with Crippen molar-refractivity contribution in [2.24, 2.45) is 0 Å². The number of ether oxygens (including phenoxy) is 2. The van der Waals surface area contributed by atoms with Crippen molar-refractivity contribution >= 4 is 22.8 Å². The molecular formula is C20H23NO4. The third-order valence-corrected chi connectivity index (χ3v) is 3.87. The summed E-state index contributed by atoms with van der Waals surface area (Å²) in [4.78, 5) is 23.4. The second-order valence-electron chi connectivity index (χ2n) is 5.59. The summed E-state index contributed by atoms with van der Waals surface area (Å²) in [7, 11) is 0. The van der Waals surface area contributed by atoms with Crippen molar-refractivity contribution in [3.63, 3.8) is 0 Å². The van der Waals surface area contributed by atoms with Gasteiger partial charge in [0.25, 0.3) is 0 Å².